The molecule has 1 aromatic heterocycles. The van der Waals surface area contributed by atoms with Gasteiger partial charge in [0.25, 0.3) is 20.0 Å². The number of nitrogens with one attached hydrogen (secondary N) is 2. The average Bonchev–Trinajstić information content (AvgIpc) is 3.14. The lowest BCUT2D eigenvalue weighted by Gasteiger charge is -2.13. The van der Waals surface area contributed by atoms with Gasteiger partial charge >= 0.3 is 0 Å². The Morgan fingerprint density at radius 2 is 1.41 bits per heavy atom. The molecule has 0 radical (unpaired) electrons. The molecule has 0 aliphatic rings. The second kappa shape index (κ2) is 7.37. The van der Waals surface area contributed by atoms with E-state index in [0.29, 0.717) is 6.54 Å². The van der Waals surface area contributed by atoms with E-state index in [2.05, 4.69) is 19.6 Å². The van der Waals surface area contributed by atoms with Crippen LogP contribution in [-0.2, 0) is 26.6 Å². The SMILES string of the molecule is CCn1ncc(S(=O)(=O)Nc2ccccc2NS(=O)(=O)c2ccccc2)n1. The molecule has 0 saturated heterocycles. The molecule has 0 saturated carbocycles. The van der Waals surface area contributed by atoms with Gasteiger partial charge in [-0.15, -0.1) is 5.10 Å². The molecule has 0 bridgehead atoms. The number of nitrogens with zero attached hydrogens (tertiary/aromatic N) is 3. The van der Waals surface area contributed by atoms with Crippen molar-refractivity contribution in [3.63, 3.8) is 0 Å². The van der Waals surface area contributed by atoms with Crippen molar-refractivity contribution >= 4 is 31.4 Å². The Morgan fingerprint density at radius 1 is 0.852 bits per heavy atom. The second-order valence-electron chi connectivity index (χ2n) is 5.44. The first-order valence-corrected chi connectivity index (χ1v) is 10.9. The minimum atomic E-state index is -4.02. The van der Waals surface area contributed by atoms with E-state index in [1.807, 2.05) is 0 Å². The lowest BCUT2D eigenvalue weighted by atomic mass is 10.3. The van der Waals surface area contributed by atoms with E-state index >= 15 is 0 Å². The molecule has 0 aliphatic heterocycles. The zero-order chi connectivity index (χ0) is 19.5. The summed E-state index contributed by atoms with van der Waals surface area (Å²) >= 11 is 0. The fourth-order valence-electron chi connectivity index (χ4n) is 2.22. The number of para-hydroxylation sites is 2. The van der Waals surface area contributed by atoms with Crippen molar-refractivity contribution in [1.29, 1.82) is 0 Å². The summed E-state index contributed by atoms with van der Waals surface area (Å²) in [5.74, 6) is 0. The summed E-state index contributed by atoms with van der Waals surface area (Å²) in [4.78, 5) is 1.30. The summed E-state index contributed by atoms with van der Waals surface area (Å²) in [6.45, 7) is 2.19. The molecule has 142 valence electrons. The summed E-state index contributed by atoms with van der Waals surface area (Å²) < 4.78 is 54.8. The van der Waals surface area contributed by atoms with E-state index in [0.717, 1.165) is 6.20 Å². The molecule has 0 unspecified atom stereocenters. The van der Waals surface area contributed by atoms with Gasteiger partial charge in [0.15, 0.2) is 0 Å². The van der Waals surface area contributed by atoms with Crippen molar-refractivity contribution in [1.82, 2.24) is 15.0 Å². The summed E-state index contributed by atoms with van der Waals surface area (Å²) in [6.07, 6.45) is 1.13. The quantitative estimate of drug-likeness (QED) is 0.617. The van der Waals surface area contributed by atoms with Gasteiger partial charge in [0.2, 0.25) is 5.03 Å². The fourth-order valence-corrected chi connectivity index (χ4v) is 4.28. The highest BCUT2D eigenvalue weighted by atomic mass is 32.2. The molecule has 0 fully saturated rings. The Kier molecular flexibility index (Phi) is 5.15. The van der Waals surface area contributed by atoms with Crippen LogP contribution in [0.3, 0.4) is 0 Å². The van der Waals surface area contributed by atoms with Crippen LogP contribution in [0.2, 0.25) is 0 Å². The van der Waals surface area contributed by atoms with Crippen molar-refractivity contribution in [3.05, 3.63) is 60.8 Å². The van der Waals surface area contributed by atoms with E-state index in [-0.39, 0.29) is 21.3 Å². The lowest BCUT2D eigenvalue weighted by Crippen LogP contribution is -2.18. The van der Waals surface area contributed by atoms with Gasteiger partial charge in [-0.05, 0) is 31.2 Å². The zero-order valence-corrected chi connectivity index (χ0v) is 15.9. The van der Waals surface area contributed by atoms with Gasteiger partial charge in [-0.3, -0.25) is 9.44 Å². The van der Waals surface area contributed by atoms with E-state index in [1.54, 1.807) is 37.3 Å². The minimum Gasteiger partial charge on any atom is -0.277 e. The van der Waals surface area contributed by atoms with Crippen LogP contribution in [-0.4, -0.2) is 31.8 Å². The van der Waals surface area contributed by atoms with E-state index in [4.69, 9.17) is 0 Å². The van der Waals surface area contributed by atoms with Crippen molar-refractivity contribution in [3.8, 4) is 0 Å². The Hall–Kier alpha value is -2.92. The highest BCUT2D eigenvalue weighted by Gasteiger charge is 2.21. The van der Waals surface area contributed by atoms with Crippen LogP contribution in [0.4, 0.5) is 11.4 Å². The molecule has 2 aromatic carbocycles. The zero-order valence-electron chi connectivity index (χ0n) is 14.3. The van der Waals surface area contributed by atoms with E-state index in [1.165, 1.54) is 29.1 Å². The predicted octanol–water partition coefficient (Wildman–Crippen LogP) is 1.90. The molecular weight excluding hydrogens is 390 g/mol. The Bertz CT molecular complexity index is 1140. The Labute approximate surface area is 157 Å². The van der Waals surface area contributed by atoms with Gasteiger partial charge in [0, 0.05) is 0 Å². The van der Waals surface area contributed by atoms with Gasteiger partial charge in [-0.25, -0.2) is 8.42 Å². The molecule has 3 rings (SSSR count). The van der Waals surface area contributed by atoms with Crippen molar-refractivity contribution in [2.24, 2.45) is 0 Å². The largest absolute Gasteiger partial charge is 0.282 e. The van der Waals surface area contributed by atoms with Gasteiger partial charge in [0.1, 0.15) is 0 Å². The van der Waals surface area contributed by atoms with Crippen LogP contribution in [0.25, 0.3) is 0 Å². The fraction of sp³-hybridized carbons (Fsp3) is 0.125. The Balaban J connectivity index is 1.90. The van der Waals surface area contributed by atoms with Crippen LogP contribution < -0.4 is 9.44 Å². The molecule has 9 nitrogen and oxygen atoms in total. The molecule has 0 amide bonds. The third kappa shape index (κ3) is 4.26. The van der Waals surface area contributed by atoms with Gasteiger partial charge in [-0.2, -0.15) is 18.3 Å². The summed E-state index contributed by atoms with van der Waals surface area (Å²) in [5, 5.41) is 7.44. The number of sulfonamides is 2. The summed E-state index contributed by atoms with van der Waals surface area (Å²) in [7, 11) is -7.90. The molecule has 27 heavy (non-hydrogen) atoms. The third-order valence-electron chi connectivity index (χ3n) is 3.54. The van der Waals surface area contributed by atoms with Gasteiger partial charge < -0.3 is 0 Å². The molecule has 11 heteroatoms. The average molecular weight is 407 g/mol. The smallest absolute Gasteiger partial charge is 0.277 e. The van der Waals surface area contributed by atoms with E-state index in [9.17, 15) is 16.8 Å². The van der Waals surface area contributed by atoms with Crippen molar-refractivity contribution in [2.75, 3.05) is 9.44 Å². The maximum Gasteiger partial charge on any atom is 0.282 e. The standard InChI is InChI=1S/C16H17N5O4S2/c1-2-21-17-12-16(18-21)27(24,25)20-15-11-7-6-10-14(15)19-26(22,23)13-8-4-3-5-9-13/h3-12,19-20H,2H2,1H3. The van der Waals surface area contributed by atoms with Crippen molar-refractivity contribution < 1.29 is 16.8 Å². The first-order valence-electron chi connectivity index (χ1n) is 7.92. The maximum atomic E-state index is 12.5. The topological polar surface area (TPSA) is 123 Å². The number of hydrogen-bond acceptors (Lipinski definition) is 6. The highest BCUT2D eigenvalue weighted by molar-refractivity contribution is 7.93. The highest BCUT2D eigenvalue weighted by Crippen LogP contribution is 2.26. The molecule has 2 N–H and O–H groups in total. The van der Waals surface area contributed by atoms with Crippen LogP contribution in [0.1, 0.15) is 6.92 Å². The van der Waals surface area contributed by atoms with E-state index < -0.39 is 20.0 Å². The lowest BCUT2D eigenvalue weighted by molar-refractivity contribution is 0.551. The first kappa shape index (κ1) is 18.9. The number of benzene rings is 2. The number of aromatic nitrogens is 3. The van der Waals surface area contributed by atoms with Crippen LogP contribution >= 0.6 is 0 Å². The molecule has 0 aliphatic carbocycles. The Morgan fingerprint density at radius 3 is 1.96 bits per heavy atom. The van der Waals surface area contributed by atoms with Gasteiger partial charge in [-0.1, -0.05) is 30.3 Å². The maximum absolute atomic E-state index is 12.5. The molecular formula is C16H17N5O4S2. The third-order valence-corrected chi connectivity index (χ3v) is 6.15. The summed E-state index contributed by atoms with van der Waals surface area (Å²) in [6, 6.07) is 13.9. The number of anilines is 2. The van der Waals surface area contributed by atoms with Gasteiger partial charge in [0.05, 0.1) is 29.0 Å². The van der Waals surface area contributed by atoms with Crippen molar-refractivity contribution in [2.45, 2.75) is 23.4 Å². The predicted molar refractivity (Wildman–Crippen MR) is 100 cm³/mol. The molecule has 1 heterocycles. The minimum absolute atomic E-state index is 0.0635. The normalized spacial score (nSPS) is 11.9. The summed E-state index contributed by atoms with van der Waals surface area (Å²) in [5.41, 5.74) is 0.163. The molecule has 3 aromatic rings. The van der Waals surface area contributed by atoms with Crippen LogP contribution in [0.5, 0.6) is 0 Å². The molecule has 0 atom stereocenters. The first-order chi connectivity index (χ1) is 12.8. The number of aryl methyl sites for hydroxylation is 1. The van der Waals surface area contributed by atoms with Crippen LogP contribution in [0.15, 0.2) is 70.7 Å². The van der Waals surface area contributed by atoms with Crippen LogP contribution in [0, 0.1) is 0 Å². The second-order valence-corrected chi connectivity index (χ2v) is 8.75. The monoisotopic (exact) mass is 407 g/mol. The number of rotatable bonds is 7. The molecule has 0 spiro atoms. The number of hydrogen-bond donors (Lipinski definition) is 2.